The largest absolute Gasteiger partial charge is 0.494 e. The van der Waals surface area contributed by atoms with Gasteiger partial charge in [-0.2, -0.15) is 14.9 Å². The first-order valence-electron chi connectivity index (χ1n) is 7.56. The molecular formula is C16H18N6OS. The maximum absolute atomic E-state index is 5.43. The van der Waals surface area contributed by atoms with E-state index in [0.717, 1.165) is 22.7 Å². The number of nitrogens with one attached hydrogen (secondary N) is 1. The fourth-order valence-corrected chi connectivity index (χ4v) is 2.47. The van der Waals surface area contributed by atoms with E-state index in [1.807, 2.05) is 51.1 Å². The topological polar surface area (TPSA) is 73.0 Å². The Bertz CT molecular complexity index is 919. The Morgan fingerprint density at radius 1 is 1.29 bits per heavy atom. The van der Waals surface area contributed by atoms with Gasteiger partial charge in [-0.25, -0.2) is 9.78 Å². The van der Waals surface area contributed by atoms with Crippen molar-refractivity contribution >= 4 is 18.4 Å². The average Bonchev–Trinajstić information content (AvgIpc) is 3.08. The zero-order valence-corrected chi connectivity index (χ0v) is 14.5. The first kappa shape index (κ1) is 16.1. The number of aromatic nitrogens is 5. The summed E-state index contributed by atoms with van der Waals surface area (Å²) >= 11 is 5.26. The molecule has 0 amide bonds. The number of nitrogens with zero attached hydrogens (tertiary/aromatic N) is 5. The first-order valence-corrected chi connectivity index (χ1v) is 7.97. The van der Waals surface area contributed by atoms with Crippen LogP contribution in [0.3, 0.4) is 0 Å². The van der Waals surface area contributed by atoms with Crippen molar-refractivity contribution in [1.82, 2.24) is 24.7 Å². The summed E-state index contributed by atoms with van der Waals surface area (Å²) in [6.45, 7) is 6.48. The van der Waals surface area contributed by atoms with Crippen molar-refractivity contribution in [3.63, 3.8) is 0 Å². The molecule has 0 aliphatic heterocycles. The minimum absolute atomic E-state index is 0.403. The molecule has 8 heteroatoms. The second-order valence-corrected chi connectivity index (χ2v) is 5.61. The molecule has 0 saturated heterocycles. The highest BCUT2D eigenvalue weighted by molar-refractivity contribution is 7.71. The van der Waals surface area contributed by atoms with E-state index in [1.54, 1.807) is 15.6 Å². The van der Waals surface area contributed by atoms with E-state index >= 15 is 0 Å². The molecule has 2 aromatic heterocycles. The number of rotatable bonds is 5. The van der Waals surface area contributed by atoms with Gasteiger partial charge < -0.3 is 4.74 Å². The number of H-pyrrole nitrogens is 1. The molecule has 0 radical (unpaired) electrons. The summed E-state index contributed by atoms with van der Waals surface area (Å²) < 4.78 is 9.08. The molecule has 2 heterocycles. The fourth-order valence-electron chi connectivity index (χ4n) is 2.30. The Balaban J connectivity index is 1.91. The van der Waals surface area contributed by atoms with E-state index in [0.29, 0.717) is 17.3 Å². The van der Waals surface area contributed by atoms with E-state index in [2.05, 4.69) is 20.4 Å². The van der Waals surface area contributed by atoms with E-state index in [9.17, 15) is 0 Å². The van der Waals surface area contributed by atoms with Crippen LogP contribution in [0.25, 0.3) is 5.95 Å². The number of ether oxygens (including phenoxy) is 1. The van der Waals surface area contributed by atoms with Crippen LogP contribution in [0.5, 0.6) is 5.75 Å². The third kappa shape index (κ3) is 3.28. The van der Waals surface area contributed by atoms with Crippen molar-refractivity contribution in [3.05, 3.63) is 52.1 Å². The van der Waals surface area contributed by atoms with Gasteiger partial charge >= 0.3 is 0 Å². The number of hydrogen-bond donors (Lipinski definition) is 1. The van der Waals surface area contributed by atoms with E-state index in [4.69, 9.17) is 17.0 Å². The van der Waals surface area contributed by atoms with E-state index in [1.165, 1.54) is 0 Å². The van der Waals surface area contributed by atoms with Gasteiger partial charge in [-0.3, -0.25) is 0 Å². The lowest BCUT2D eigenvalue weighted by Gasteiger charge is -2.03. The van der Waals surface area contributed by atoms with Crippen LogP contribution in [0.2, 0.25) is 0 Å². The SMILES string of the molecule is CCOc1ccc(/C=N\n2c(-n3nc(C)cc3C)n[nH]c2=S)cc1. The Morgan fingerprint density at radius 2 is 2.04 bits per heavy atom. The Morgan fingerprint density at radius 3 is 2.67 bits per heavy atom. The highest BCUT2D eigenvalue weighted by Crippen LogP contribution is 2.12. The van der Waals surface area contributed by atoms with Gasteiger partial charge in [0.05, 0.1) is 18.5 Å². The molecule has 0 fully saturated rings. The van der Waals surface area contributed by atoms with Crippen LogP contribution < -0.4 is 4.74 Å². The van der Waals surface area contributed by atoms with E-state index in [-0.39, 0.29) is 0 Å². The van der Waals surface area contributed by atoms with Gasteiger partial charge in [0, 0.05) is 5.69 Å². The van der Waals surface area contributed by atoms with Crippen molar-refractivity contribution in [2.75, 3.05) is 6.61 Å². The van der Waals surface area contributed by atoms with Crippen LogP contribution in [0, 0.1) is 18.6 Å². The van der Waals surface area contributed by atoms with Crippen molar-refractivity contribution in [3.8, 4) is 11.7 Å². The number of benzene rings is 1. The molecule has 0 unspecified atom stereocenters. The third-order valence-corrected chi connectivity index (χ3v) is 3.61. The molecule has 1 N–H and O–H groups in total. The molecule has 124 valence electrons. The van der Waals surface area contributed by atoms with Crippen LogP contribution in [-0.2, 0) is 0 Å². The summed E-state index contributed by atoms with van der Waals surface area (Å²) in [5.41, 5.74) is 2.79. The predicted molar refractivity (Wildman–Crippen MR) is 94.6 cm³/mol. The molecular weight excluding hydrogens is 324 g/mol. The molecule has 1 aromatic carbocycles. The summed E-state index contributed by atoms with van der Waals surface area (Å²) in [5, 5.41) is 15.8. The quantitative estimate of drug-likeness (QED) is 0.571. The molecule has 3 aromatic rings. The Kier molecular flexibility index (Phi) is 4.57. The molecule has 0 aliphatic carbocycles. The summed E-state index contributed by atoms with van der Waals surface area (Å²) in [7, 11) is 0. The van der Waals surface area contributed by atoms with Crippen molar-refractivity contribution in [2.24, 2.45) is 5.10 Å². The summed E-state index contributed by atoms with van der Waals surface area (Å²) in [6.07, 6.45) is 1.72. The smallest absolute Gasteiger partial charge is 0.271 e. The van der Waals surface area contributed by atoms with Crippen LogP contribution in [0.4, 0.5) is 0 Å². The molecule has 0 spiro atoms. The van der Waals surface area contributed by atoms with Crippen molar-refractivity contribution in [1.29, 1.82) is 0 Å². The number of hydrogen-bond acceptors (Lipinski definition) is 5. The van der Waals surface area contributed by atoms with Gasteiger partial charge in [0.15, 0.2) is 0 Å². The average molecular weight is 342 g/mol. The van der Waals surface area contributed by atoms with Crippen LogP contribution in [-0.4, -0.2) is 37.5 Å². The minimum atomic E-state index is 0.403. The molecule has 0 saturated carbocycles. The Hall–Kier alpha value is -2.74. The van der Waals surface area contributed by atoms with Crippen molar-refractivity contribution < 1.29 is 4.74 Å². The lowest BCUT2D eigenvalue weighted by molar-refractivity contribution is 0.340. The standard InChI is InChI=1S/C16H18N6OS/c1-4-23-14-7-5-13(6-8-14)10-17-22-15(18-19-16(22)24)21-12(3)9-11(2)20-21/h5-10H,4H2,1-3H3,(H,19,24)/b17-10-. The van der Waals surface area contributed by atoms with Crippen molar-refractivity contribution in [2.45, 2.75) is 20.8 Å². The maximum Gasteiger partial charge on any atom is 0.271 e. The van der Waals surface area contributed by atoms with Gasteiger partial charge in [0.2, 0.25) is 4.77 Å². The lowest BCUT2D eigenvalue weighted by atomic mass is 10.2. The highest BCUT2D eigenvalue weighted by atomic mass is 32.1. The molecule has 0 aliphatic rings. The third-order valence-electron chi connectivity index (χ3n) is 3.35. The number of aryl methyl sites for hydroxylation is 2. The zero-order chi connectivity index (χ0) is 17.1. The molecule has 24 heavy (non-hydrogen) atoms. The molecule has 3 rings (SSSR count). The normalized spacial score (nSPS) is 11.3. The lowest BCUT2D eigenvalue weighted by Crippen LogP contribution is -2.07. The summed E-state index contributed by atoms with van der Waals surface area (Å²) in [6, 6.07) is 9.64. The van der Waals surface area contributed by atoms with Gasteiger partial charge in [-0.15, -0.1) is 5.10 Å². The van der Waals surface area contributed by atoms with Gasteiger partial charge in [0.25, 0.3) is 5.95 Å². The fraction of sp³-hybridized carbons (Fsp3) is 0.250. The zero-order valence-electron chi connectivity index (χ0n) is 13.7. The second kappa shape index (κ2) is 6.79. The molecule has 0 bridgehead atoms. The first-order chi connectivity index (χ1) is 11.6. The second-order valence-electron chi connectivity index (χ2n) is 5.23. The highest BCUT2D eigenvalue weighted by Gasteiger charge is 2.11. The molecule has 0 atom stereocenters. The van der Waals surface area contributed by atoms with Crippen LogP contribution >= 0.6 is 12.2 Å². The maximum atomic E-state index is 5.43. The van der Waals surface area contributed by atoms with E-state index < -0.39 is 0 Å². The Labute approximate surface area is 144 Å². The van der Waals surface area contributed by atoms with Crippen LogP contribution in [0.15, 0.2) is 35.4 Å². The summed E-state index contributed by atoms with van der Waals surface area (Å²) in [4.78, 5) is 0. The summed E-state index contributed by atoms with van der Waals surface area (Å²) in [5.74, 6) is 1.35. The predicted octanol–water partition coefficient (Wildman–Crippen LogP) is 3.02. The monoisotopic (exact) mass is 342 g/mol. The van der Waals surface area contributed by atoms with Gasteiger partial charge in [-0.05, 0) is 68.9 Å². The molecule has 7 nitrogen and oxygen atoms in total. The van der Waals surface area contributed by atoms with Crippen LogP contribution in [0.1, 0.15) is 23.9 Å². The number of aromatic amines is 1. The van der Waals surface area contributed by atoms with Gasteiger partial charge in [0.1, 0.15) is 5.75 Å². The minimum Gasteiger partial charge on any atom is -0.494 e. The van der Waals surface area contributed by atoms with Gasteiger partial charge in [-0.1, -0.05) is 0 Å².